The molecule has 1 aromatic rings. The van der Waals surface area contributed by atoms with Gasteiger partial charge in [0.25, 0.3) is 0 Å². The lowest BCUT2D eigenvalue weighted by Crippen LogP contribution is -2.06. The summed E-state index contributed by atoms with van der Waals surface area (Å²) in [5, 5.41) is 3.07. The predicted octanol–water partition coefficient (Wildman–Crippen LogP) is 1.26. The Morgan fingerprint density at radius 3 is 3.07 bits per heavy atom. The van der Waals surface area contributed by atoms with E-state index in [2.05, 4.69) is 19.5 Å². The van der Waals surface area contributed by atoms with E-state index < -0.39 is 0 Å². The van der Waals surface area contributed by atoms with Crippen molar-refractivity contribution < 1.29 is 4.79 Å². The highest BCUT2D eigenvalue weighted by molar-refractivity contribution is 7.40. The molecular formula is C9H14N3OP. The molecule has 76 valence electrons. The van der Waals surface area contributed by atoms with Crippen molar-refractivity contribution in [3.8, 4) is 0 Å². The van der Waals surface area contributed by atoms with Gasteiger partial charge in [0.15, 0.2) is 0 Å². The largest absolute Gasteiger partial charge is 0.396 e. The monoisotopic (exact) mass is 211 g/mol. The fraction of sp³-hybridized carbons (Fsp3) is 0.333. The number of nitrogens with one attached hydrogen (secondary N) is 1. The molecule has 1 atom stereocenters. The molecule has 1 heterocycles. The summed E-state index contributed by atoms with van der Waals surface area (Å²) in [4.78, 5) is 14.7. The van der Waals surface area contributed by atoms with Crippen LogP contribution in [0.1, 0.15) is 12.8 Å². The van der Waals surface area contributed by atoms with Gasteiger partial charge in [-0.1, -0.05) is 9.24 Å². The maximum Gasteiger partial charge on any atom is 0.149 e. The van der Waals surface area contributed by atoms with Crippen LogP contribution in [-0.2, 0) is 4.79 Å². The van der Waals surface area contributed by atoms with Crippen LogP contribution < -0.4 is 11.1 Å². The highest BCUT2D eigenvalue weighted by Gasteiger charge is 1.98. The fourth-order valence-electron chi connectivity index (χ4n) is 1.03. The Labute approximate surface area is 85.5 Å². The van der Waals surface area contributed by atoms with E-state index in [0.717, 1.165) is 6.42 Å². The minimum Gasteiger partial charge on any atom is -0.396 e. The van der Waals surface area contributed by atoms with Gasteiger partial charge in [-0.3, -0.25) is 4.79 Å². The van der Waals surface area contributed by atoms with Gasteiger partial charge < -0.3 is 11.1 Å². The lowest BCUT2D eigenvalue weighted by atomic mass is 10.3. The molecule has 3 N–H and O–H groups in total. The molecule has 5 heteroatoms. The highest BCUT2D eigenvalue weighted by Crippen LogP contribution is 2.12. The summed E-state index contributed by atoms with van der Waals surface area (Å²) >= 11 is 0. The smallest absolute Gasteiger partial charge is 0.149 e. The molecule has 0 saturated heterocycles. The van der Waals surface area contributed by atoms with E-state index in [1.165, 1.54) is 0 Å². The first-order valence-electron chi connectivity index (χ1n) is 4.43. The van der Waals surface area contributed by atoms with Crippen LogP contribution in [0.2, 0.25) is 0 Å². The van der Waals surface area contributed by atoms with Crippen LogP contribution in [0, 0.1) is 0 Å². The number of nitrogens with zero attached hydrogens (tertiary/aromatic N) is 1. The van der Waals surface area contributed by atoms with Crippen LogP contribution in [0.15, 0.2) is 18.3 Å². The maximum absolute atomic E-state index is 10.6. The van der Waals surface area contributed by atoms with E-state index in [-0.39, 0.29) is 5.52 Å². The number of carbonyl (C=O) groups is 1. The van der Waals surface area contributed by atoms with Gasteiger partial charge in [0.05, 0.1) is 5.69 Å². The molecule has 0 bridgehead atoms. The molecule has 14 heavy (non-hydrogen) atoms. The third-order valence-corrected chi connectivity index (χ3v) is 2.02. The number of rotatable bonds is 5. The minimum atomic E-state index is 0.126. The molecule has 0 fully saturated rings. The van der Waals surface area contributed by atoms with E-state index in [9.17, 15) is 4.79 Å². The zero-order valence-corrected chi connectivity index (χ0v) is 9.02. The fourth-order valence-corrected chi connectivity index (χ4v) is 1.24. The first kappa shape index (κ1) is 10.9. The van der Waals surface area contributed by atoms with Gasteiger partial charge in [0.2, 0.25) is 0 Å². The summed E-state index contributed by atoms with van der Waals surface area (Å²) in [7, 11) is 2.16. The predicted molar refractivity (Wildman–Crippen MR) is 61.1 cm³/mol. The van der Waals surface area contributed by atoms with Crippen LogP contribution in [0.5, 0.6) is 0 Å². The molecule has 0 spiro atoms. The van der Waals surface area contributed by atoms with Crippen molar-refractivity contribution in [1.29, 1.82) is 0 Å². The number of aromatic nitrogens is 1. The Kier molecular flexibility index (Phi) is 4.33. The van der Waals surface area contributed by atoms with Crippen LogP contribution in [0.3, 0.4) is 0 Å². The van der Waals surface area contributed by atoms with Crippen LogP contribution >= 0.6 is 9.24 Å². The first-order valence-corrected chi connectivity index (χ1v) is 5.00. The second-order valence-electron chi connectivity index (χ2n) is 2.94. The van der Waals surface area contributed by atoms with Crippen molar-refractivity contribution in [3.63, 3.8) is 0 Å². The average Bonchev–Trinajstić information content (AvgIpc) is 2.15. The van der Waals surface area contributed by atoms with Crippen molar-refractivity contribution in [3.05, 3.63) is 18.3 Å². The number of nitrogens with two attached hydrogens (primary N) is 1. The summed E-state index contributed by atoms with van der Waals surface area (Å²) in [6.45, 7) is 0.710. The van der Waals surface area contributed by atoms with Gasteiger partial charge in [-0.15, -0.1) is 0 Å². The van der Waals surface area contributed by atoms with Gasteiger partial charge in [0, 0.05) is 19.2 Å². The van der Waals surface area contributed by atoms with Gasteiger partial charge in [-0.25, -0.2) is 4.98 Å². The molecule has 1 aromatic heterocycles. The van der Waals surface area contributed by atoms with Gasteiger partial charge in [-0.2, -0.15) is 0 Å². The Bertz CT molecular complexity index is 317. The van der Waals surface area contributed by atoms with Crippen molar-refractivity contribution in [2.75, 3.05) is 17.6 Å². The highest BCUT2D eigenvalue weighted by atomic mass is 31.0. The molecule has 4 nitrogen and oxygen atoms in total. The molecule has 0 aliphatic heterocycles. The number of hydrogen-bond donors (Lipinski definition) is 2. The van der Waals surface area contributed by atoms with E-state index in [0.29, 0.717) is 24.5 Å². The molecule has 0 saturated carbocycles. The maximum atomic E-state index is 10.6. The van der Waals surface area contributed by atoms with Crippen LogP contribution in [0.4, 0.5) is 11.5 Å². The Balaban J connectivity index is 2.31. The zero-order valence-electron chi connectivity index (χ0n) is 7.86. The van der Waals surface area contributed by atoms with Crippen LogP contribution in [0.25, 0.3) is 0 Å². The van der Waals surface area contributed by atoms with Crippen LogP contribution in [-0.4, -0.2) is 17.1 Å². The summed E-state index contributed by atoms with van der Waals surface area (Å²) in [6.07, 6.45) is 3.03. The third-order valence-electron chi connectivity index (χ3n) is 1.73. The SMILES string of the molecule is Nc1cccnc1NCCCC(=O)P. The minimum absolute atomic E-state index is 0.126. The molecule has 0 aromatic carbocycles. The van der Waals surface area contributed by atoms with Crippen molar-refractivity contribution >= 4 is 26.3 Å². The average molecular weight is 211 g/mol. The molecule has 1 unspecified atom stereocenters. The van der Waals surface area contributed by atoms with Crippen molar-refractivity contribution in [2.45, 2.75) is 12.8 Å². The molecular weight excluding hydrogens is 197 g/mol. The normalized spacial score (nSPS) is 9.79. The molecule has 1 rings (SSSR count). The summed E-state index contributed by atoms with van der Waals surface area (Å²) in [5.74, 6) is 0.684. The Morgan fingerprint density at radius 2 is 2.43 bits per heavy atom. The third kappa shape index (κ3) is 3.71. The summed E-state index contributed by atoms with van der Waals surface area (Å²) in [6, 6.07) is 3.57. The molecule has 0 aliphatic carbocycles. The lowest BCUT2D eigenvalue weighted by molar-refractivity contribution is -0.111. The van der Waals surface area contributed by atoms with E-state index in [1.54, 1.807) is 18.3 Å². The molecule has 0 aliphatic rings. The van der Waals surface area contributed by atoms with E-state index in [4.69, 9.17) is 5.73 Å². The quantitative estimate of drug-likeness (QED) is 0.568. The van der Waals surface area contributed by atoms with E-state index >= 15 is 0 Å². The van der Waals surface area contributed by atoms with Crippen molar-refractivity contribution in [2.24, 2.45) is 0 Å². The second-order valence-corrected chi connectivity index (χ2v) is 3.58. The first-order chi connectivity index (χ1) is 6.70. The van der Waals surface area contributed by atoms with Gasteiger partial charge >= 0.3 is 0 Å². The molecule has 0 radical (unpaired) electrons. The molecule has 0 amide bonds. The van der Waals surface area contributed by atoms with E-state index in [1.807, 2.05) is 0 Å². The standard InChI is InChI=1S/C9H14N3OP/c10-7-3-1-5-11-9(7)12-6-2-4-8(13)14/h1,3,5H,2,4,6,10,14H2,(H,11,12). The number of carbonyl (C=O) groups excluding carboxylic acids is 1. The number of anilines is 2. The number of nitrogen functional groups attached to an aromatic ring is 1. The Morgan fingerprint density at radius 1 is 1.64 bits per heavy atom. The Hall–Kier alpha value is -1.15. The van der Waals surface area contributed by atoms with Gasteiger partial charge in [0.1, 0.15) is 11.3 Å². The lowest BCUT2D eigenvalue weighted by Gasteiger charge is -2.06. The second kappa shape index (κ2) is 5.55. The topological polar surface area (TPSA) is 68.0 Å². The summed E-state index contributed by atoms with van der Waals surface area (Å²) in [5.41, 5.74) is 6.42. The summed E-state index contributed by atoms with van der Waals surface area (Å²) < 4.78 is 0. The van der Waals surface area contributed by atoms with Gasteiger partial charge in [-0.05, 0) is 18.6 Å². The number of hydrogen-bond acceptors (Lipinski definition) is 4. The van der Waals surface area contributed by atoms with Crippen molar-refractivity contribution in [1.82, 2.24) is 4.98 Å². The zero-order chi connectivity index (χ0) is 10.4. The number of pyridine rings is 1.